The van der Waals surface area contributed by atoms with Crippen LogP contribution in [0, 0.1) is 5.92 Å². The highest BCUT2D eigenvalue weighted by molar-refractivity contribution is 5.81. The molecule has 0 aliphatic rings. The average Bonchev–Trinajstić information content (AvgIpc) is 2.25. The van der Waals surface area contributed by atoms with Crippen molar-refractivity contribution in [1.82, 2.24) is 10.6 Å². The highest BCUT2D eigenvalue weighted by Crippen LogP contribution is 2.05. The minimum atomic E-state index is -0.0216. The van der Waals surface area contributed by atoms with E-state index in [-0.39, 0.29) is 11.9 Å². The molecule has 3 heteroatoms. The Morgan fingerprint density at radius 1 is 1.19 bits per heavy atom. The molecular formula is C13H28N2O. The fourth-order valence-electron chi connectivity index (χ4n) is 1.76. The molecule has 0 saturated heterocycles. The quantitative estimate of drug-likeness (QED) is 0.595. The molecule has 0 aliphatic carbocycles. The van der Waals surface area contributed by atoms with Crippen molar-refractivity contribution in [2.24, 2.45) is 5.92 Å². The molecule has 16 heavy (non-hydrogen) atoms. The van der Waals surface area contributed by atoms with Gasteiger partial charge in [0.25, 0.3) is 0 Å². The molecule has 0 aromatic heterocycles. The standard InChI is InChI=1S/C13H28N2O/c1-5-6-7-8-9-15-12(10-11(2)3)13(16)14-4/h11-12,15H,5-10H2,1-4H3,(H,14,16). The van der Waals surface area contributed by atoms with Crippen LogP contribution in [0.5, 0.6) is 0 Å². The van der Waals surface area contributed by atoms with E-state index in [1.807, 2.05) is 0 Å². The Bertz CT molecular complexity index is 181. The highest BCUT2D eigenvalue weighted by atomic mass is 16.2. The predicted octanol–water partition coefficient (Wildman–Crippen LogP) is 2.32. The summed E-state index contributed by atoms with van der Waals surface area (Å²) < 4.78 is 0. The molecule has 0 aliphatic heterocycles. The molecule has 1 atom stereocenters. The Balaban J connectivity index is 3.79. The van der Waals surface area contributed by atoms with E-state index < -0.39 is 0 Å². The van der Waals surface area contributed by atoms with Gasteiger partial charge in [0.2, 0.25) is 5.91 Å². The number of amides is 1. The zero-order valence-electron chi connectivity index (χ0n) is 11.3. The second-order valence-electron chi connectivity index (χ2n) is 4.81. The van der Waals surface area contributed by atoms with Crippen LogP contribution < -0.4 is 10.6 Å². The van der Waals surface area contributed by atoms with E-state index in [9.17, 15) is 4.79 Å². The molecule has 0 saturated carbocycles. The van der Waals surface area contributed by atoms with Gasteiger partial charge < -0.3 is 10.6 Å². The summed E-state index contributed by atoms with van der Waals surface area (Å²) in [6.07, 6.45) is 5.87. The molecule has 0 aromatic carbocycles. The lowest BCUT2D eigenvalue weighted by atomic mass is 10.0. The molecule has 3 nitrogen and oxygen atoms in total. The Kier molecular flexibility index (Phi) is 9.30. The van der Waals surface area contributed by atoms with Gasteiger partial charge in [-0.3, -0.25) is 4.79 Å². The van der Waals surface area contributed by atoms with Crippen LogP contribution in [0.25, 0.3) is 0 Å². The number of carbonyl (C=O) groups excluding carboxylic acids is 1. The van der Waals surface area contributed by atoms with Gasteiger partial charge in [-0.05, 0) is 25.3 Å². The van der Waals surface area contributed by atoms with E-state index in [2.05, 4.69) is 31.4 Å². The maximum absolute atomic E-state index is 11.6. The summed E-state index contributed by atoms with van der Waals surface area (Å²) in [6.45, 7) is 7.45. The molecule has 0 radical (unpaired) electrons. The summed E-state index contributed by atoms with van der Waals surface area (Å²) in [7, 11) is 1.70. The lowest BCUT2D eigenvalue weighted by Crippen LogP contribution is -2.44. The minimum Gasteiger partial charge on any atom is -0.358 e. The number of rotatable bonds is 9. The van der Waals surface area contributed by atoms with Gasteiger partial charge in [0.15, 0.2) is 0 Å². The van der Waals surface area contributed by atoms with Crippen LogP contribution in [0.1, 0.15) is 52.9 Å². The lowest BCUT2D eigenvalue weighted by molar-refractivity contribution is -0.123. The maximum Gasteiger partial charge on any atom is 0.236 e. The van der Waals surface area contributed by atoms with Gasteiger partial charge in [-0.1, -0.05) is 40.0 Å². The van der Waals surface area contributed by atoms with Crippen LogP contribution in [-0.2, 0) is 4.79 Å². The number of likely N-dealkylation sites (N-methyl/N-ethyl adjacent to an activating group) is 1. The van der Waals surface area contributed by atoms with Crippen molar-refractivity contribution in [3.8, 4) is 0 Å². The number of unbranched alkanes of at least 4 members (excludes halogenated alkanes) is 3. The van der Waals surface area contributed by atoms with Gasteiger partial charge in [0.05, 0.1) is 6.04 Å². The van der Waals surface area contributed by atoms with Gasteiger partial charge >= 0.3 is 0 Å². The van der Waals surface area contributed by atoms with E-state index in [1.165, 1.54) is 25.7 Å². The van der Waals surface area contributed by atoms with Crippen LogP contribution in [0.4, 0.5) is 0 Å². The topological polar surface area (TPSA) is 41.1 Å². The summed E-state index contributed by atoms with van der Waals surface area (Å²) in [5, 5.41) is 6.07. The van der Waals surface area contributed by atoms with Gasteiger partial charge in [-0.15, -0.1) is 0 Å². The van der Waals surface area contributed by atoms with Crippen molar-refractivity contribution < 1.29 is 4.79 Å². The third-order valence-electron chi connectivity index (χ3n) is 2.69. The van der Waals surface area contributed by atoms with E-state index >= 15 is 0 Å². The third-order valence-corrected chi connectivity index (χ3v) is 2.69. The van der Waals surface area contributed by atoms with Crippen molar-refractivity contribution in [2.75, 3.05) is 13.6 Å². The Morgan fingerprint density at radius 3 is 2.38 bits per heavy atom. The third kappa shape index (κ3) is 7.69. The Hall–Kier alpha value is -0.570. The lowest BCUT2D eigenvalue weighted by Gasteiger charge is -2.19. The highest BCUT2D eigenvalue weighted by Gasteiger charge is 2.17. The van der Waals surface area contributed by atoms with Crippen molar-refractivity contribution in [3.05, 3.63) is 0 Å². The van der Waals surface area contributed by atoms with Gasteiger partial charge in [0, 0.05) is 7.05 Å². The second kappa shape index (κ2) is 9.64. The van der Waals surface area contributed by atoms with E-state index in [0.717, 1.165) is 13.0 Å². The fraction of sp³-hybridized carbons (Fsp3) is 0.923. The number of hydrogen-bond acceptors (Lipinski definition) is 2. The molecule has 0 heterocycles. The first-order valence-electron chi connectivity index (χ1n) is 6.56. The van der Waals surface area contributed by atoms with Crippen molar-refractivity contribution in [1.29, 1.82) is 0 Å². The fourth-order valence-corrected chi connectivity index (χ4v) is 1.76. The normalized spacial score (nSPS) is 12.8. The van der Waals surface area contributed by atoms with Crippen molar-refractivity contribution in [2.45, 2.75) is 58.9 Å². The zero-order valence-corrected chi connectivity index (χ0v) is 11.3. The van der Waals surface area contributed by atoms with Crippen LogP contribution in [-0.4, -0.2) is 25.5 Å². The van der Waals surface area contributed by atoms with E-state index in [4.69, 9.17) is 0 Å². The molecule has 0 fully saturated rings. The predicted molar refractivity (Wildman–Crippen MR) is 69.5 cm³/mol. The maximum atomic E-state index is 11.6. The van der Waals surface area contributed by atoms with Crippen molar-refractivity contribution in [3.63, 3.8) is 0 Å². The largest absolute Gasteiger partial charge is 0.358 e. The number of nitrogens with one attached hydrogen (secondary N) is 2. The molecule has 1 unspecified atom stereocenters. The van der Waals surface area contributed by atoms with Gasteiger partial charge in [-0.2, -0.15) is 0 Å². The first-order valence-corrected chi connectivity index (χ1v) is 6.56. The number of hydrogen-bond donors (Lipinski definition) is 2. The molecule has 96 valence electrons. The van der Waals surface area contributed by atoms with E-state index in [0.29, 0.717) is 5.92 Å². The summed E-state index contributed by atoms with van der Waals surface area (Å²) in [4.78, 5) is 11.6. The molecule has 0 aromatic rings. The first-order chi connectivity index (χ1) is 7.61. The average molecular weight is 228 g/mol. The van der Waals surface area contributed by atoms with Crippen molar-refractivity contribution >= 4 is 5.91 Å². The van der Waals surface area contributed by atoms with E-state index in [1.54, 1.807) is 7.05 Å². The molecule has 0 rings (SSSR count). The SMILES string of the molecule is CCCCCCNC(CC(C)C)C(=O)NC. The molecule has 0 bridgehead atoms. The first kappa shape index (κ1) is 15.4. The molecule has 0 spiro atoms. The van der Waals surface area contributed by atoms with Crippen LogP contribution in [0.3, 0.4) is 0 Å². The smallest absolute Gasteiger partial charge is 0.236 e. The summed E-state index contributed by atoms with van der Waals surface area (Å²) in [5.74, 6) is 0.662. The van der Waals surface area contributed by atoms with Gasteiger partial charge in [-0.25, -0.2) is 0 Å². The minimum absolute atomic E-state index is 0.0216. The van der Waals surface area contributed by atoms with Crippen LogP contribution in [0.15, 0.2) is 0 Å². The van der Waals surface area contributed by atoms with Crippen LogP contribution in [0.2, 0.25) is 0 Å². The second-order valence-corrected chi connectivity index (χ2v) is 4.81. The van der Waals surface area contributed by atoms with Crippen LogP contribution >= 0.6 is 0 Å². The zero-order chi connectivity index (χ0) is 12.4. The summed E-state index contributed by atoms with van der Waals surface area (Å²) in [5.41, 5.74) is 0. The monoisotopic (exact) mass is 228 g/mol. The number of carbonyl (C=O) groups is 1. The molecular weight excluding hydrogens is 200 g/mol. The summed E-state index contributed by atoms with van der Waals surface area (Å²) >= 11 is 0. The van der Waals surface area contributed by atoms with Gasteiger partial charge in [0.1, 0.15) is 0 Å². The Morgan fingerprint density at radius 2 is 1.88 bits per heavy atom. The Labute approximate surface area is 100 Å². The summed E-state index contributed by atoms with van der Waals surface area (Å²) in [6, 6.07) is -0.0216. The molecule has 1 amide bonds. The molecule has 2 N–H and O–H groups in total.